The van der Waals surface area contributed by atoms with Gasteiger partial charge in [0.15, 0.2) is 0 Å². The summed E-state index contributed by atoms with van der Waals surface area (Å²) in [5, 5.41) is 4.91. The Morgan fingerprint density at radius 3 is 2.38 bits per heavy atom. The van der Waals surface area contributed by atoms with Gasteiger partial charge >= 0.3 is 0 Å². The first-order valence-electron chi connectivity index (χ1n) is 16.7. The summed E-state index contributed by atoms with van der Waals surface area (Å²) in [6.07, 6.45) is 12.4. The second kappa shape index (κ2) is 14.4. The number of carbonyl (C=O) groups excluding carboxylic acids is 2. The van der Waals surface area contributed by atoms with Gasteiger partial charge in [0.25, 0.3) is 5.91 Å². The summed E-state index contributed by atoms with van der Waals surface area (Å²) >= 11 is 0. The predicted octanol–water partition coefficient (Wildman–Crippen LogP) is 4.96. The van der Waals surface area contributed by atoms with E-state index in [-0.39, 0.29) is 19.2 Å². The molecule has 0 saturated carbocycles. The summed E-state index contributed by atoms with van der Waals surface area (Å²) in [5.74, 6) is 1.26. The van der Waals surface area contributed by atoms with Crippen molar-refractivity contribution in [1.82, 2.24) is 29.6 Å². The minimum Gasteiger partial charge on any atom is -0.383 e. The van der Waals surface area contributed by atoms with Crippen LogP contribution in [0.2, 0.25) is 0 Å². The van der Waals surface area contributed by atoms with E-state index in [1.54, 1.807) is 18.5 Å². The summed E-state index contributed by atoms with van der Waals surface area (Å²) in [4.78, 5) is 46.8. The van der Waals surface area contributed by atoms with Crippen molar-refractivity contribution in [1.29, 1.82) is 0 Å². The van der Waals surface area contributed by atoms with Crippen molar-refractivity contribution in [2.24, 2.45) is 5.92 Å². The Morgan fingerprint density at radius 2 is 1.67 bits per heavy atom. The van der Waals surface area contributed by atoms with Gasteiger partial charge in [-0.15, -0.1) is 0 Å². The fourth-order valence-electron chi connectivity index (χ4n) is 6.61. The van der Waals surface area contributed by atoms with Gasteiger partial charge < -0.3 is 29.8 Å². The van der Waals surface area contributed by atoms with Crippen LogP contribution in [0.15, 0.2) is 91.1 Å². The van der Waals surface area contributed by atoms with Crippen molar-refractivity contribution in [2.45, 2.75) is 13.3 Å². The molecule has 0 spiro atoms. The molecule has 1 unspecified atom stereocenters. The molecular formula is C38H48N8O2. The Labute approximate surface area is 285 Å². The van der Waals surface area contributed by atoms with Gasteiger partial charge in [-0.3, -0.25) is 9.59 Å². The average Bonchev–Trinajstić information content (AvgIpc) is 3.10. The van der Waals surface area contributed by atoms with Crippen LogP contribution < -0.4 is 10.2 Å². The monoisotopic (exact) mass is 648 g/mol. The Kier molecular flexibility index (Phi) is 9.91. The van der Waals surface area contributed by atoms with E-state index in [0.717, 1.165) is 65.9 Å². The van der Waals surface area contributed by atoms with E-state index in [9.17, 15) is 9.59 Å². The lowest BCUT2D eigenvalue weighted by molar-refractivity contribution is -0.128. The number of carbonyl (C=O) groups is 2. The molecule has 48 heavy (non-hydrogen) atoms. The minimum absolute atomic E-state index is 0. The number of pyridine rings is 2. The molecule has 2 fully saturated rings. The molecule has 2 aromatic heterocycles. The van der Waals surface area contributed by atoms with E-state index >= 15 is 0 Å². The Balaban J connectivity index is 0.00000468. The summed E-state index contributed by atoms with van der Waals surface area (Å²) in [6, 6.07) is 11.5. The molecule has 1 aliphatic carbocycles. The van der Waals surface area contributed by atoms with Crippen LogP contribution in [-0.2, 0) is 4.79 Å². The lowest BCUT2D eigenvalue weighted by atomic mass is 9.89. The van der Waals surface area contributed by atoms with Gasteiger partial charge in [0.2, 0.25) is 5.91 Å². The van der Waals surface area contributed by atoms with Crippen LogP contribution in [0.1, 0.15) is 30.7 Å². The highest BCUT2D eigenvalue weighted by Gasteiger charge is 2.30. The van der Waals surface area contributed by atoms with Gasteiger partial charge in [-0.05, 0) is 66.3 Å². The predicted molar refractivity (Wildman–Crippen MR) is 196 cm³/mol. The third-order valence-electron chi connectivity index (χ3n) is 9.47. The number of benzene rings is 1. The molecule has 1 N–H and O–H groups in total. The number of allylic oxidation sites excluding steroid dienone is 5. The summed E-state index contributed by atoms with van der Waals surface area (Å²) < 4.78 is 0. The second-order valence-electron chi connectivity index (χ2n) is 13.2. The molecule has 10 heteroatoms. The molecule has 1 atom stereocenters. The van der Waals surface area contributed by atoms with Crippen molar-refractivity contribution in [3.63, 3.8) is 0 Å². The summed E-state index contributed by atoms with van der Waals surface area (Å²) in [6.45, 7) is 12.9. The highest BCUT2D eigenvalue weighted by atomic mass is 16.2. The average molecular weight is 649 g/mol. The first-order chi connectivity index (χ1) is 23.2. The molecule has 10 nitrogen and oxygen atoms in total. The molecule has 0 radical (unpaired) electrons. The van der Waals surface area contributed by atoms with Gasteiger partial charge in [0, 0.05) is 109 Å². The van der Waals surface area contributed by atoms with Crippen LogP contribution in [0.4, 0.5) is 11.6 Å². The quantitative estimate of drug-likeness (QED) is 0.343. The van der Waals surface area contributed by atoms with E-state index < -0.39 is 0 Å². The Morgan fingerprint density at radius 1 is 0.917 bits per heavy atom. The SMILES string of the molecule is C=C/C(=C\N(C)C)c1ccc2cnc(NC(=O)c3ccnc(N4CCN(C(=O)C5=CC=C(N6CCN(C)CC6)CC5C)CC4)c3)cc2c1.[HH]. The molecule has 2 amide bonds. The van der Waals surface area contributed by atoms with E-state index in [1.165, 1.54) is 5.70 Å². The number of fused-ring (bicyclic) bond motifs is 1. The molecule has 6 rings (SSSR count). The molecule has 4 heterocycles. The third kappa shape index (κ3) is 7.44. The lowest BCUT2D eigenvalue weighted by Crippen LogP contribution is -2.50. The molecule has 252 valence electrons. The van der Waals surface area contributed by atoms with Crippen LogP contribution in [0.5, 0.6) is 0 Å². The molecule has 2 saturated heterocycles. The van der Waals surface area contributed by atoms with Crippen LogP contribution in [0, 0.1) is 5.92 Å². The Bertz CT molecular complexity index is 1790. The first-order valence-corrected chi connectivity index (χ1v) is 16.7. The van der Waals surface area contributed by atoms with E-state index in [0.29, 0.717) is 37.6 Å². The number of nitrogens with zero attached hydrogens (tertiary/aromatic N) is 7. The minimum atomic E-state index is -0.253. The van der Waals surface area contributed by atoms with Gasteiger partial charge in [0.1, 0.15) is 11.6 Å². The van der Waals surface area contributed by atoms with Gasteiger partial charge in [0.05, 0.1) is 0 Å². The van der Waals surface area contributed by atoms with Crippen molar-refractivity contribution in [3.05, 3.63) is 102 Å². The number of amides is 2. The molecule has 1 aromatic carbocycles. The fraction of sp³-hybridized carbons (Fsp3) is 0.368. The first kappa shape index (κ1) is 33.0. The number of piperazine rings is 2. The maximum absolute atomic E-state index is 13.5. The number of anilines is 2. The number of hydrogen-bond acceptors (Lipinski definition) is 8. The number of hydrogen-bond donors (Lipinski definition) is 1. The zero-order chi connectivity index (χ0) is 33.8. The van der Waals surface area contributed by atoms with E-state index in [2.05, 4.69) is 62.7 Å². The highest BCUT2D eigenvalue weighted by Crippen LogP contribution is 2.30. The van der Waals surface area contributed by atoms with Crippen molar-refractivity contribution in [2.75, 3.05) is 83.7 Å². The van der Waals surface area contributed by atoms with Crippen LogP contribution in [-0.4, -0.2) is 115 Å². The van der Waals surface area contributed by atoms with Crippen LogP contribution in [0.25, 0.3) is 16.3 Å². The summed E-state index contributed by atoms with van der Waals surface area (Å²) in [7, 11) is 6.12. The third-order valence-corrected chi connectivity index (χ3v) is 9.47. The molecule has 2 aliphatic heterocycles. The fourth-order valence-corrected chi connectivity index (χ4v) is 6.61. The van der Waals surface area contributed by atoms with Crippen molar-refractivity contribution >= 4 is 39.8 Å². The number of rotatable bonds is 8. The smallest absolute Gasteiger partial charge is 0.257 e. The topological polar surface area (TPSA) is 88.2 Å². The maximum atomic E-state index is 13.5. The molecule has 0 bridgehead atoms. The molecular weight excluding hydrogens is 600 g/mol. The largest absolute Gasteiger partial charge is 0.383 e. The van der Waals surface area contributed by atoms with E-state index in [1.807, 2.05) is 66.5 Å². The second-order valence-corrected chi connectivity index (χ2v) is 13.2. The van der Waals surface area contributed by atoms with Gasteiger partial charge in [-0.2, -0.15) is 0 Å². The Hall–Kier alpha value is -4.96. The van der Waals surface area contributed by atoms with Gasteiger partial charge in [-0.25, -0.2) is 9.97 Å². The van der Waals surface area contributed by atoms with Gasteiger partial charge in [-0.1, -0.05) is 37.8 Å². The van der Waals surface area contributed by atoms with Crippen LogP contribution in [0.3, 0.4) is 0 Å². The van der Waals surface area contributed by atoms with Crippen molar-refractivity contribution < 1.29 is 11.0 Å². The summed E-state index contributed by atoms with van der Waals surface area (Å²) in [5.41, 5.74) is 4.77. The number of nitrogens with one attached hydrogen (secondary N) is 1. The van der Waals surface area contributed by atoms with Crippen LogP contribution >= 0.6 is 0 Å². The normalized spacial score (nSPS) is 19.1. The zero-order valence-corrected chi connectivity index (χ0v) is 28.5. The number of likely N-dealkylation sites (N-methyl/N-ethyl adjacent to an activating group) is 1. The molecule has 3 aliphatic rings. The molecule has 3 aromatic rings. The lowest BCUT2D eigenvalue weighted by Gasteiger charge is -2.39. The maximum Gasteiger partial charge on any atom is 0.257 e. The van der Waals surface area contributed by atoms with E-state index in [4.69, 9.17) is 0 Å². The standard InChI is InChI=1S/C38H46N8O2.H2/c1-6-28(26-42(3)4)29-7-8-31-25-40-35(23-32(31)22-29)41-37(47)30-11-12-39-36(24-30)45-17-19-46(20-18-45)38(48)34-10-9-33(21-27(34)2)44-15-13-43(5)14-16-44;/h6-12,22-27H,1,13-21H2,2-5H3,(H,40,41,47);1H/b28-26+;. The highest BCUT2D eigenvalue weighted by molar-refractivity contribution is 6.05. The zero-order valence-electron chi connectivity index (χ0n) is 28.5. The number of aromatic nitrogens is 2. The van der Waals surface area contributed by atoms with Crippen molar-refractivity contribution in [3.8, 4) is 0 Å².